The van der Waals surface area contributed by atoms with Crippen molar-refractivity contribution in [3.63, 3.8) is 0 Å². The number of fused-ring (bicyclic) bond motifs is 2. The summed E-state index contributed by atoms with van der Waals surface area (Å²) in [6.07, 6.45) is 0. The second-order valence-corrected chi connectivity index (χ2v) is 4.95. The van der Waals surface area contributed by atoms with E-state index in [0.29, 0.717) is 5.56 Å². The molecule has 1 amide bonds. The Morgan fingerprint density at radius 1 is 1.40 bits per heavy atom. The standard InChI is InChI=1S/C12H12N4O4/c1-4(2)6-8(12(19)20)15-16-9(6)14-7-5(11(16)18)3-13-10(7)17/h4,14H,3H2,1-2H3,(H,13,17)(H,19,20). The molecule has 0 saturated heterocycles. The SMILES string of the molecule is CC(C)c1c(C(=O)O)nn2c(=O)c3c([nH]c12)C(=O)NC3. The van der Waals surface area contributed by atoms with Crippen LogP contribution in [0.4, 0.5) is 0 Å². The van der Waals surface area contributed by atoms with Gasteiger partial charge in [0.1, 0.15) is 11.3 Å². The summed E-state index contributed by atoms with van der Waals surface area (Å²) in [7, 11) is 0. The molecule has 0 unspecified atom stereocenters. The Kier molecular flexibility index (Phi) is 2.43. The summed E-state index contributed by atoms with van der Waals surface area (Å²) in [6, 6.07) is 0. The van der Waals surface area contributed by atoms with Gasteiger partial charge in [-0.15, -0.1) is 0 Å². The predicted octanol–water partition coefficient (Wildman–Crippen LogP) is 0.0876. The van der Waals surface area contributed by atoms with Gasteiger partial charge in [0.2, 0.25) is 0 Å². The van der Waals surface area contributed by atoms with Crippen LogP contribution in [0.3, 0.4) is 0 Å². The molecule has 8 nitrogen and oxygen atoms in total. The van der Waals surface area contributed by atoms with E-state index in [4.69, 9.17) is 0 Å². The first-order chi connectivity index (χ1) is 9.41. The lowest BCUT2D eigenvalue weighted by molar-refractivity contribution is 0.0688. The third-order valence-electron chi connectivity index (χ3n) is 3.35. The molecule has 2 aromatic heterocycles. The third-order valence-corrected chi connectivity index (χ3v) is 3.35. The number of carboxylic acids is 1. The number of hydrogen-bond acceptors (Lipinski definition) is 4. The monoisotopic (exact) mass is 276 g/mol. The van der Waals surface area contributed by atoms with Crippen molar-refractivity contribution in [2.75, 3.05) is 0 Å². The number of carbonyl (C=O) groups is 2. The van der Waals surface area contributed by atoms with Crippen molar-refractivity contribution < 1.29 is 14.7 Å². The summed E-state index contributed by atoms with van der Waals surface area (Å²) >= 11 is 0. The molecule has 0 atom stereocenters. The van der Waals surface area contributed by atoms with Crippen LogP contribution in [0.25, 0.3) is 5.65 Å². The van der Waals surface area contributed by atoms with Gasteiger partial charge >= 0.3 is 5.97 Å². The van der Waals surface area contributed by atoms with Crippen LogP contribution in [0.5, 0.6) is 0 Å². The number of amides is 1. The van der Waals surface area contributed by atoms with Crippen molar-refractivity contribution in [3.8, 4) is 0 Å². The smallest absolute Gasteiger partial charge is 0.356 e. The van der Waals surface area contributed by atoms with Crippen LogP contribution in [0.15, 0.2) is 4.79 Å². The quantitative estimate of drug-likeness (QED) is 0.718. The van der Waals surface area contributed by atoms with Crippen molar-refractivity contribution in [1.29, 1.82) is 0 Å². The summed E-state index contributed by atoms with van der Waals surface area (Å²) < 4.78 is 1.03. The van der Waals surface area contributed by atoms with E-state index in [9.17, 15) is 19.5 Å². The van der Waals surface area contributed by atoms with E-state index in [2.05, 4.69) is 15.4 Å². The highest BCUT2D eigenvalue weighted by Crippen LogP contribution is 2.24. The molecular formula is C12H12N4O4. The average Bonchev–Trinajstić information content (AvgIpc) is 2.92. The largest absolute Gasteiger partial charge is 0.476 e. The Morgan fingerprint density at radius 3 is 2.70 bits per heavy atom. The summed E-state index contributed by atoms with van der Waals surface area (Å²) in [6.45, 7) is 3.73. The van der Waals surface area contributed by atoms with Gasteiger partial charge in [-0.25, -0.2) is 4.79 Å². The molecule has 20 heavy (non-hydrogen) atoms. The number of aromatic carboxylic acids is 1. The topological polar surface area (TPSA) is 117 Å². The van der Waals surface area contributed by atoms with Crippen LogP contribution >= 0.6 is 0 Å². The molecule has 2 aromatic rings. The number of hydrogen-bond donors (Lipinski definition) is 3. The van der Waals surface area contributed by atoms with Crippen molar-refractivity contribution in [2.45, 2.75) is 26.3 Å². The molecule has 1 aliphatic heterocycles. The maximum atomic E-state index is 12.3. The van der Waals surface area contributed by atoms with Crippen LogP contribution in [-0.2, 0) is 6.54 Å². The zero-order chi connectivity index (χ0) is 14.6. The molecular weight excluding hydrogens is 264 g/mol. The van der Waals surface area contributed by atoms with Gasteiger partial charge in [0, 0.05) is 5.56 Å². The van der Waals surface area contributed by atoms with Gasteiger partial charge in [-0.1, -0.05) is 13.8 Å². The lowest BCUT2D eigenvalue weighted by Gasteiger charge is -2.04. The van der Waals surface area contributed by atoms with E-state index in [1.807, 2.05) is 0 Å². The van der Waals surface area contributed by atoms with Crippen molar-refractivity contribution >= 4 is 17.5 Å². The van der Waals surface area contributed by atoms with E-state index in [0.717, 1.165) is 4.52 Å². The molecule has 0 spiro atoms. The number of carbonyl (C=O) groups excluding carboxylic acids is 1. The Morgan fingerprint density at radius 2 is 2.10 bits per heavy atom. The molecule has 3 N–H and O–H groups in total. The van der Waals surface area contributed by atoms with Crippen LogP contribution in [0.1, 0.15) is 51.9 Å². The lowest BCUT2D eigenvalue weighted by atomic mass is 10.0. The molecule has 0 saturated carbocycles. The minimum Gasteiger partial charge on any atom is -0.476 e. The molecule has 0 radical (unpaired) electrons. The van der Waals surface area contributed by atoms with E-state index in [1.165, 1.54) is 0 Å². The number of carboxylic acid groups (broad SMARTS) is 1. The fourth-order valence-corrected chi connectivity index (χ4v) is 2.45. The Bertz CT molecular complexity index is 815. The van der Waals surface area contributed by atoms with Gasteiger partial charge in [0.15, 0.2) is 5.69 Å². The van der Waals surface area contributed by atoms with Gasteiger partial charge in [-0.05, 0) is 5.92 Å². The molecule has 104 valence electrons. The second-order valence-electron chi connectivity index (χ2n) is 4.95. The molecule has 0 aliphatic carbocycles. The number of aromatic nitrogens is 3. The molecule has 3 rings (SSSR count). The van der Waals surface area contributed by atoms with Crippen molar-refractivity contribution in [3.05, 3.63) is 32.9 Å². The molecule has 8 heteroatoms. The van der Waals surface area contributed by atoms with Crippen molar-refractivity contribution in [1.82, 2.24) is 19.9 Å². The summed E-state index contributed by atoms with van der Waals surface area (Å²) in [5.41, 5.74) is 0.493. The normalized spacial score (nSPS) is 13.8. The van der Waals surface area contributed by atoms with Crippen LogP contribution in [0.2, 0.25) is 0 Å². The first-order valence-corrected chi connectivity index (χ1v) is 6.11. The highest BCUT2D eigenvalue weighted by Gasteiger charge is 2.29. The highest BCUT2D eigenvalue weighted by atomic mass is 16.4. The molecule has 0 fully saturated rings. The van der Waals surface area contributed by atoms with Gasteiger partial charge in [0.05, 0.1) is 12.1 Å². The highest BCUT2D eigenvalue weighted by molar-refractivity contribution is 5.97. The first-order valence-electron chi connectivity index (χ1n) is 6.11. The van der Waals surface area contributed by atoms with Gasteiger partial charge in [-0.2, -0.15) is 9.61 Å². The summed E-state index contributed by atoms with van der Waals surface area (Å²) in [5, 5.41) is 15.6. The minimum atomic E-state index is -1.20. The van der Waals surface area contributed by atoms with E-state index >= 15 is 0 Å². The number of nitrogens with one attached hydrogen (secondary N) is 2. The van der Waals surface area contributed by atoms with Gasteiger partial charge < -0.3 is 15.4 Å². The molecule has 0 aromatic carbocycles. The Hall–Kier alpha value is -2.64. The van der Waals surface area contributed by atoms with Crippen LogP contribution in [-0.4, -0.2) is 31.6 Å². The van der Waals surface area contributed by atoms with Crippen molar-refractivity contribution in [2.24, 2.45) is 0 Å². The second kappa shape index (κ2) is 3.92. The number of rotatable bonds is 2. The van der Waals surface area contributed by atoms with E-state index in [1.54, 1.807) is 13.8 Å². The predicted molar refractivity (Wildman–Crippen MR) is 68.0 cm³/mol. The lowest BCUT2D eigenvalue weighted by Crippen LogP contribution is -2.21. The minimum absolute atomic E-state index is 0.124. The van der Waals surface area contributed by atoms with Gasteiger partial charge in [0.25, 0.3) is 11.5 Å². The van der Waals surface area contributed by atoms with Crippen LogP contribution in [0, 0.1) is 0 Å². The van der Waals surface area contributed by atoms with E-state index < -0.39 is 11.5 Å². The number of aromatic amines is 1. The number of nitrogens with zero attached hydrogens (tertiary/aromatic N) is 2. The van der Waals surface area contributed by atoms with Gasteiger partial charge in [-0.3, -0.25) is 9.59 Å². The molecule has 0 bridgehead atoms. The van der Waals surface area contributed by atoms with Crippen LogP contribution < -0.4 is 10.9 Å². The van der Waals surface area contributed by atoms with E-state index in [-0.39, 0.29) is 41.0 Å². The maximum Gasteiger partial charge on any atom is 0.356 e. The fraction of sp³-hybridized carbons (Fsp3) is 0.333. The fourth-order valence-electron chi connectivity index (χ4n) is 2.45. The number of H-pyrrole nitrogens is 1. The zero-order valence-electron chi connectivity index (χ0n) is 10.9. The Labute approximate surface area is 112 Å². The summed E-state index contributed by atoms with van der Waals surface area (Å²) in [4.78, 5) is 38.0. The first kappa shape index (κ1) is 12.4. The molecule has 1 aliphatic rings. The average molecular weight is 276 g/mol. The third kappa shape index (κ3) is 1.47. The maximum absolute atomic E-state index is 12.3. The zero-order valence-corrected chi connectivity index (χ0v) is 10.9. The Balaban J connectivity index is 2.47. The molecule has 3 heterocycles. The summed E-state index contributed by atoms with van der Waals surface area (Å²) in [5.74, 6) is -1.72.